The highest BCUT2D eigenvalue weighted by Crippen LogP contribution is 2.09. The molecule has 162 valence electrons. The Morgan fingerprint density at radius 1 is 1.13 bits per heavy atom. The number of aliphatic hydroxyl groups is 1. The van der Waals surface area contributed by atoms with Gasteiger partial charge in [-0.25, -0.2) is 4.39 Å². The van der Waals surface area contributed by atoms with Crippen molar-refractivity contribution in [1.82, 2.24) is 4.57 Å². The average molecular weight is 416 g/mol. The lowest BCUT2D eigenvalue weighted by molar-refractivity contribution is -0.920. The number of hydrogen-bond donors (Lipinski definition) is 2. The molecule has 0 saturated heterocycles. The van der Waals surface area contributed by atoms with E-state index in [1.807, 2.05) is 30.5 Å². The molecule has 0 saturated carbocycles. The van der Waals surface area contributed by atoms with E-state index >= 15 is 0 Å². The summed E-state index contributed by atoms with van der Waals surface area (Å²) in [4.78, 5) is 1.29. The van der Waals surface area contributed by atoms with Gasteiger partial charge in [0.25, 0.3) is 0 Å². The van der Waals surface area contributed by atoms with Crippen LogP contribution in [0.15, 0.2) is 65.4 Å². The van der Waals surface area contributed by atoms with Crippen LogP contribution in [0.2, 0.25) is 0 Å². The van der Waals surface area contributed by atoms with Crippen molar-refractivity contribution in [2.75, 3.05) is 19.7 Å². The molecular weight excluding hydrogens is 383 g/mol. The lowest BCUT2D eigenvalue weighted by Gasteiger charge is -2.24. The lowest BCUT2D eigenvalue weighted by Crippen LogP contribution is -3.12. The van der Waals surface area contributed by atoms with E-state index < -0.39 is 6.10 Å². The summed E-state index contributed by atoms with van der Waals surface area (Å²) in [6, 6.07) is 14.5. The highest BCUT2D eigenvalue weighted by Gasteiger charge is 2.19. The number of aromatic nitrogens is 1. The number of benzene rings is 1. The highest BCUT2D eigenvalue weighted by molar-refractivity contribution is 5.18. The molecule has 0 spiro atoms. The molecule has 2 N–H and O–H groups in total. The van der Waals surface area contributed by atoms with Crippen LogP contribution in [0.4, 0.5) is 4.39 Å². The van der Waals surface area contributed by atoms with E-state index in [4.69, 9.17) is 9.15 Å². The van der Waals surface area contributed by atoms with E-state index in [0.29, 0.717) is 25.6 Å². The Morgan fingerprint density at radius 2 is 2.00 bits per heavy atom. The number of furan rings is 1. The van der Waals surface area contributed by atoms with Crippen molar-refractivity contribution in [3.63, 3.8) is 0 Å². The van der Waals surface area contributed by atoms with Crippen LogP contribution in [-0.4, -0.2) is 35.5 Å². The van der Waals surface area contributed by atoms with Crippen molar-refractivity contribution in [3.8, 4) is 0 Å². The highest BCUT2D eigenvalue weighted by atomic mass is 19.1. The molecule has 0 aliphatic carbocycles. The summed E-state index contributed by atoms with van der Waals surface area (Å²) in [5.41, 5.74) is 2.10. The Bertz CT molecular complexity index is 876. The molecule has 2 atom stereocenters. The quantitative estimate of drug-likeness (QED) is 0.478. The largest absolute Gasteiger partial charge is 0.467 e. The summed E-state index contributed by atoms with van der Waals surface area (Å²) in [6.45, 7) is 7.96. The van der Waals surface area contributed by atoms with Gasteiger partial charge in [0, 0.05) is 18.7 Å². The normalized spacial score (nSPS) is 13.6. The van der Waals surface area contributed by atoms with Gasteiger partial charge in [-0.15, -0.1) is 0 Å². The molecule has 1 aromatic carbocycles. The Labute approximate surface area is 177 Å². The molecule has 0 bridgehead atoms. The Morgan fingerprint density at radius 3 is 2.73 bits per heavy atom. The van der Waals surface area contributed by atoms with Crippen LogP contribution >= 0.6 is 0 Å². The number of quaternary nitrogens is 1. The smallest absolute Gasteiger partial charge is 0.129 e. The van der Waals surface area contributed by atoms with E-state index in [2.05, 4.69) is 24.5 Å². The summed E-state index contributed by atoms with van der Waals surface area (Å²) in [5, 5.41) is 10.5. The molecule has 3 rings (SSSR count). The summed E-state index contributed by atoms with van der Waals surface area (Å²) in [7, 11) is 0. The minimum Gasteiger partial charge on any atom is -0.467 e. The summed E-state index contributed by atoms with van der Waals surface area (Å²) in [5.74, 6) is 1.04. The van der Waals surface area contributed by atoms with Crippen LogP contribution in [0.1, 0.15) is 30.9 Å². The molecular formula is C24H32FN2O3+. The van der Waals surface area contributed by atoms with Gasteiger partial charge in [-0.05, 0) is 42.0 Å². The molecule has 0 aliphatic heterocycles. The van der Waals surface area contributed by atoms with Gasteiger partial charge in [0.05, 0.1) is 25.1 Å². The summed E-state index contributed by atoms with van der Waals surface area (Å²) < 4.78 is 26.5. The SMILES string of the molecule is CC(C)C[NH+](Cc1cccn1Cc1cccc(F)c1)C[C@H](O)COCc1ccco1. The number of aliphatic hydroxyl groups excluding tert-OH is 1. The third kappa shape index (κ3) is 7.13. The molecule has 0 fully saturated rings. The Balaban J connectivity index is 1.57. The Kier molecular flexibility index (Phi) is 8.25. The predicted octanol–water partition coefficient (Wildman–Crippen LogP) is 2.89. The molecule has 0 aliphatic rings. The molecule has 1 unspecified atom stereocenters. The van der Waals surface area contributed by atoms with Crippen molar-refractivity contribution in [2.45, 2.75) is 39.6 Å². The fraction of sp³-hybridized carbons (Fsp3) is 0.417. The maximum atomic E-state index is 13.5. The van der Waals surface area contributed by atoms with Crippen molar-refractivity contribution in [2.24, 2.45) is 5.92 Å². The zero-order valence-electron chi connectivity index (χ0n) is 17.8. The first-order chi connectivity index (χ1) is 14.5. The van der Waals surface area contributed by atoms with Crippen molar-refractivity contribution in [1.29, 1.82) is 0 Å². The van der Waals surface area contributed by atoms with Gasteiger partial charge in [0.15, 0.2) is 0 Å². The fourth-order valence-electron chi connectivity index (χ4n) is 3.74. The van der Waals surface area contributed by atoms with E-state index in [1.165, 1.54) is 16.7 Å². The van der Waals surface area contributed by atoms with Crippen LogP contribution in [0.25, 0.3) is 0 Å². The summed E-state index contributed by atoms with van der Waals surface area (Å²) >= 11 is 0. The Hall–Kier alpha value is -2.41. The molecule has 0 amide bonds. The molecule has 2 aromatic heterocycles. The van der Waals surface area contributed by atoms with Gasteiger partial charge in [0.2, 0.25) is 0 Å². The maximum absolute atomic E-state index is 13.5. The van der Waals surface area contributed by atoms with E-state index in [9.17, 15) is 9.50 Å². The van der Waals surface area contributed by atoms with Crippen LogP contribution < -0.4 is 4.90 Å². The number of nitrogens with one attached hydrogen (secondary N) is 1. The van der Waals surface area contributed by atoms with Gasteiger partial charge in [0.1, 0.15) is 37.4 Å². The first kappa shape index (κ1) is 22.3. The first-order valence-electron chi connectivity index (χ1n) is 10.5. The number of rotatable bonds is 12. The van der Waals surface area contributed by atoms with Crippen molar-refractivity contribution >= 4 is 0 Å². The molecule has 30 heavy (non-hydrogen) atoms. The van der Waals surface area contributed by atoms with Crippen LogP contribution in [0, 0.1) is 11.7 Å². The van der Waals surface area contributed by atoms with E-state index in [-0.39, 0.29) is 12.4 Å². The van der Waals surface area contributed by atoms with Crippen molar-refractivity contribution in [3.05, 3.63) is 83.8 Å². The summed E-state index contributed by atoms with van der Waals surface area (Å²) in [6.07, 6.45) is 3.08. The minimum absolute atomic E-state index is 0.217. The lowest BCUT2D eigenvalue weighted by atomic mass is 10.2. The second-order valence-electron chi connectivity index (χ2n) is 8.23. The first-order valence-corrected chi connectivity index (χ1v) is 10.5. The van der Waals surface area contributed by atoms with Crippen LogP contribution in [-0.2, 0) is 24.4 Å². The average Bonchev–Trinajstić information content (AvgIpc) is 3.34. The van der Waals surface area contributed by atoms with Crippen LogP contribution in [0.3, 0.4) is 0 Å². The molecule has 3 aromatic rings. The molecule has 0 radical (unpaired) electrons. The number of ether oxygens (including phenoxy) is 1. The second kappa shape index (κ2) is 11.1. The number of halogens is 1. The molecule has 5 nitrogen and oxygen atoms in total. The zero-order valence-corrected chi connectivity index (χ0v) is 17.8. The van der Waals surface area contributed by atoms with Crippen molar-refractivity contribution < 1.29 is 23.6 Å². The minimum atomic E-state index is -0.555. The van der Waals surface area contributed by atoms with Gasteiger partial charge < -0.3 is 23.7 Å². The fourth-order valence-corrected chi connectivity index (χ4v) is 3.74. The standard InChI is InChI=1S/C24H31FN2O3/c1-19(2)13-26(16-23(28)17-29-18-24-9-5-11-30-24)15-22-8-4-10-27(22)14-20-6-3-7-21(25)12-20/h3-12,19,23,28H,13-18H2,1-2H3/p+1/t23-/m0/s1. The monoisotopic (exact) mass is 415 g/mol. The van der Waals surface area contributed by atoms with Gasteiger partial charge in [-0.3, -0.25) is 0 Å². The number of hydrogen-bond acceptors (Lipinski definition) is 3. The predicted molar refractivity (Wildman–Crippen MR) is 114 cm³/mol. The third-order valence-corrected chi connectivity index (χ3v) is 4.95. The van der Waals surface area contributed by atoms with E-state index in [1.54, 1.807) is 18.4 Å². The number of nitrogens with zero attached hydrogens (tertiary/aromatic N) is 1. The van der Waals surface area contributed by atoms with Crippen LogP contribution in [0.5, 0.6) is 0 Å². The molecule has 2 heterocycles. The second-order valence-corrected chi connectivity index (χ2v) is 8.23. The van der Waals surface area contributed by atoms with Gasteiger partial charge in [-0.2, -0.15) is 0 Å². The zero-order chi connectivity index (χ0) is 21.3. The molecule has 6 heteroatoms. The maximum Gasteiger partial charge on any atom is 0.129 e. The van der Waals surface area contributed by atoms with Gasteiger partial charge in [-0.1, -0.05) is 26.0 Å². The topological polar surface area (TPSA) is 52.0 Å². The third-order valence-electron chi connectivity index (χ3n) is 4.95. The van der Waals surface area contributed by atoms with E-state index in [0.717, 1.165) is 24.4 Å². The van der Waals surface area contributed by atoms with Gasteiger partial charge >= 0.3 is 0 Å².